The van der Waals surface area contributed by atoms with Crippen molar-refractivity contribution in [1.82, 2.24) is 20.6 Å². The average molecular weight is 276 g/mol. The quantitative estimate of drug-likeness (QED) is 0.720. The predicted octanol–water partition coefficient (Wildman–Crippen LogP) is 1.43. The van der Waals surface area contributed by atoms with E-state index in [0.717, 1.165) is 56.8 Å². The Balaban J connectivity index is 2.68. The molecule has 1 aliphatic heterocycles. The van der Waals surface area contributed by atoms with Crippen LogP contribution in [0.5, 0.6) is 0 Å². The molecule has 1 saturated heterocycles. The first-order chi connectivity index (χ1) is 9.20. The third-order valence-electron chi connectivity index (χ3n) is 3.37. The number of hydroxylamine groups is 1. The molecule has 0 atom stereocenters. The van der Waals surface area contributed by atoms with Gasteiger partial charge in [-0.1, -0.05) is 37.8 Å². The van der Waals surface area contributed by atoms with Crippen LogP contribution in [0, 0.1) is 0 Å². The Bertz CT molecular complexity index is 233. The third kappa shape index (κ3) is 5.70. The first kappa shape index (κ1) is 16.8. The highest BCUT2D eigenvalue weighted by Crippen LogP contribution is 2.12. The zero-order chi connectivity index (χ0) is 14.1. The molecule has 7 heteroatoms. The minimum Gasteiger partial charge on any atom is -0.378 e. The van der Waals surface area contributed by atoms with Gasteiger partial charge < -0.3 is 5.11 Å². The Morgan fingerprint density at radius 3 is 2.05 bits per heavy atom. The van der Waals surface area contributed by atoms with Crippen molar-refractivity contribution in [2.75, 3.05) is 26.4 Å². The van der Waals surface area contributed by atoms with E-state index in [1.54, 1.807) is 0 Å². The molecule has 1 aliphatic rings. The van der Waals surface area contributed by atoms with Crippen LogP contribution in [-0.2, 0) is 0 Å². The predicted molar refractivity (Wildman–Crippen MR) is 70.6 cm³/mol. The van der Waals surface area contributed by atoms with Crippen molar-refractivity contribution in [2.45, 2.75) is 51.9 Å². The summed E-state index contributed by atoms with van der Waals surface area (Å²) in [6.07, 6.45) is 7.33. The zero-order valence-corrected chi connectivity index (χ0v) is 11.9. The van der Waals surface area contributed by atoms with Gasteiger partial charge in [0.05, 0.1) is 0 Å². The van der Waals surface area contributed by atoms with Crippen LogP contribution in [0.1, 0.15) is 51.9 Å². The van der Waals surface area contributed by atoms with Crippen molar-refractivity contribution in [3.05, 3.63) is 0 Å². The van der Waals surface area contributed by atoms with Crippen LogP contribution in [0.15, 0.2) is 0 Å². The van der Waals surface area contributed by atoms with Gasteiger partial charge in [-0.15, -0.1) is 5.12 Å². The second kappa shape index (κ2) is 9.60. The summed E-state index contributed by atoms with van der Waals surface area (Å²) in [7, 11) is 0. The SMILES string of the molecule is CCCN1CCCCCCCCN(O)N(O)N1CO. The van der Waals surface area contributed by atoms with Crippen LogP contribution in [0.4, 0.5) is 0 Å². The fourth-order valence-electron chi connectivity index (χ4n) is 2.32. The monoisotopic (exact) mass is 276 g/mol. The number of hydrogen-bond donors (Lipinski definition) is 3. The van der Waals surface area contributed by atoms with Gasteiger partial charge in [0.15, 0.2) is 0 Å². The molecule has 1 fully saturated rings. The first-order valence-corrected chi connectivity index (χ1v) is 7.29. The molecule has 0 aliphatic carbocycles. The maximum atomic E-state index is 9.95. The molecule has 0 saturated carbocycles. The lowest BCUT2D eigenvalue weighted by atomic mass is 10.1. The number of aliphatic hydroxyl groups excluding tert-OH is 1. The van der Waals surface area contributed by atoms with Gasteiger partial charge in [-0.3, -0.25) is 10.4 Å². The van der Waals surface area contributed by atoms with E-state index in [1.165, 1.54) is 11.5 Å². The highest BCUT2D eigenvalue weighted by molar-refractivity contribution is 4.55. The van der Waals surface area contributed by atoms with Crippen LogP contribution in [-0.4, -0.2) is 62.5 Å². The fraction of sp³-hybridized carbons (Fsp3) is 1.00. The Kier molecular flexibility index (Phi) is 8.47. The standard InChI is InChI=1S/C12H28N4O3/c1-2-9-13-10-7-5-3-4-6-8-11-15(18)16(19)14(13)12-17/h17-19H,2-12H2,1H3. The van der Waals surface area contributed by atoms with Crippen molar-refractivity contribution in [2.24, 2.45) is 0 Å². The number of aliphatic hydroxyl groups is 1. The molecule has 1 rings (SSSR count). The molecule has 0 unspecified atom stereocenters. The molecule has 114 valence electrons. The lowest BCUT2D eigenvalue weighted by Crippen LogP contribution is -2.58. The minimum atomic E-state index is -0.368. The van der Waals surface area contributed by atoms with Gasteiger partial charge in [0.2, 0.25) is 0 Å². The normalized spacial score (nSPS) is 24.0. The number of rotatable bonds is 3. The summed E-state index contributed by atoms with van der Waals surface area (Å²) in [6, 6.07) is 0. The van der Waals surface area contributed by atoms with Crippen molar-refractivity contribution in [1.29, 1.82) is 0 Å². The van der Waals surface area contributed by atoms with Crippen LogP contribution < -0.4 is 0 Å². The summed E-state index contributed by atoms with van der Waals surface area (Å²) >= 11 is 0. The lowest BCUT2D eigenvalue weighted by molar-refractivity contribution is -0.493. The molecule has 1 heterocycles. The second-order valence-corrected chi connectivity index (χ2v) is 4.95. The smallest absolute Gasteiger partial charge is 0.128 e. The maximum Gasteiger partial charge on any atom is 0.128 e. The molecule has 0 amide bonds. The molecule has 7 nitrogen and oxygen atoms in total. The first-order valence-electron chi connectivity index (χ1n) is 7.29. The number of hydrazine groups is 3. The van der Waals surface area contributed by atoms with Crippen molar-refractivity contribution in [3.63, 3.8) is 0 Å². The Hall–Kier alpha value is -0.280. The Morgan fingerprint density at radius 1 is 0.895 bits per heavy atom. The molecule has 0 radical (unpaired) electrons. The van der Waals surface area contributed by atoms with Gasteiger partial charge in [-0.2, -0.15) is 0 Å². The van der Waals surface area contributed by atoms with E-state index in [9.17, 15) is 15.5 Å². The summed E-state index contributed by atoms with van der Waals surface area (Å²) in [4.78, 5) is 0. The zero-order valence-electron chi connectivity index (χ0n) is 11.9. The number of nitrogens with zero attached hydrogens (tertiary/aromatic N) is 4. The van der Waals surface area contributed by atoms with Crippen LogP contribution in [0.25, 0.3) is 0 Å². The van der Waals surface area contributed by atoms with E-state index >= 15 is 0 Å². The molecule has 0 spiro atoms. The van der Waals surface area contributed by atoms with Gasteiger partial charge in [0.1, 0.15) is 6.73 Å². The molecule has 19 heavy (non-hydrogen) atoms. The minimum absolute atomic E-state index is 0.354. The van der Waals surface area contributed by atoms with E-state index in [4.69, 9.17) is 0 Å². The molecule has 0 bridgehead atoms. The summed E-state index contributed by atoms with van der Waals surface area (Å²) in [5.41, 5.74) is 0. The van der Waals surface area contributed by atoms with Gasteiger partial charge in [-0.25, -0.2) is 5.01 Å². The van der Waals surface area contributed by atoms with Gasteiger partial charge in [0, 0.05) is 19.6 Å². The Morgan fingerprint density at radius 2 is 1.47 bits per heavy atom. The van der Waals surface area contributed by atoms with E-state index in [2.05, 4.69) is 0 Å². The molecule has 0 aromatic rings. The average Bonchev–Trinajstić information content (AvgIpc) is 2.40. The molecule has 0 aromatic carbocycles. The largest absolute Gasteiger partial charge is 0.378 e. The maximum absolute atomic E-state index is 9.95. The van der Waals surface area contributed by atoms with Crippen molar-refractivity contribution >= 4 is 0 Å². The fourth-order valence-corrected chi connectivity index (χ4v) is 2.32. The molecular weight excluding hydrogens is 248 g/mol. The highest BCUT2D eigenvalue weighted by atomic mass is 16.7. The summed E-state index contributed by atoms with van der Waals surface area (Å²) in [6.45, 7) is 3.52. The van der Waals surface area contributed by atoms with E-state index < -0.39 is 0 Å². The topological polar surface area (TPSA) is 73.7 Å². The van der Waals surface area contributed by atoms with E-state index in [-0.39, 0.29) is 6.73 Å². The van der Waals surface area contributed by atoms with Gasteiger partial charge >= 0.3 is 0 Å². The van der Waals surface area contributed by atoms with Gasteiger partial charge in [0.25, 0.3) is 0 Å². The van der Waals surface area contributed by atoms with E-state index in [0.29, 0.717) is 11.8 Å². The van der Waals surface area contributed by atoms with Crippen LogP contribution in [0.3, 0.4) is 0 Å². The number of hydrogen-bond acceptors (Lipinski definition) is 7. The molecule has 0 aromatic heterocycles. The summed E-state index contributed by atoms with van der Waals surface area (Å²) < 4.78 is 0. The van der Waals surface area contributed by atoms with E-state index in [1.807, 2.05) is 11.9 Å². The summed E-state index contributed by atoms with van der Waals surface area (Å²) in [5.74, 6) is 0. The highest BCUT2D eigenvalue weighted by Gasteiger charge is 2.24. The van der Waals surface area contributed by atoms with Crippen molar-refractivity contribution in [3.8, 4) is 0 Å². The lowest BCUT2D eigenvalue weighted by Gasteiger charge is -2.39. The van der Waals surface area contributed by atoms with Crippen LogP contribution in [0.2, 0.25) is 0 Å². The third-order valence-corrected chi connectivity index (χ3v) is 3.37. The second-order valence-electron chi connectivity index (χ2n) is 4.95. The Labute approximate surface area is 115 Å². The van der Waals surface area contributed by atoms with Gasteiger partial charge in [-0.05, 0) is 24.5 Å². The van der Waals surface area contributed by atoms with Crippen LogP contribution >= 0.6 is 0 Å². The molecule has 3 N–H and O–H groups in total. The van der Waals surface area contributed by atoms with Crippen molar-refractivity contribution < 1.29 is 15.5 Å². The molecular formula is C12H28N4O3. The summed E-state index contributed by atoms with van der Waals surface area (Å²) in [5, 5.41) is 33.7.